The average molecular weight is 610 g/mol. The zero-order chi connectivity index (χ0) is 30.8. The molecule has 0 aliphatic carbocycles. The summed E-state index contributed by atoms with van der Waals surface area (Å²) in [6.45, 7) is 3.60. The van der Waals surface area contributed by atoms with Crippen molar-refractivity contribution in [1.82, 2.24) is 14.5 Å². The standard InChI is InChI=1S/C32H27ClF3N3O4/c1-17(18(2)42-3)39-29-12-19(32(40)41)8-10-28(29)37-30(39)13-21-11-26(36)23(15-25(21)35)27-5-4-6-31(38-27)43-16-20-7-9-22(33)14-24(20)34/h4-12,14-15,17-18H,13,16H2,1-3H3,(H,40,41)/t17-,18-/m1/s1. The molecule has 0 aliphatic rings. The molecule has 5 aromatic rings. The van der Waals surface area contributed by atoms with E-state index in [1.807, 2.05) is 13.8 Å². The molecule has 0 bridgehead atoms. The van der Waals surface area contributed by atoms with E-state index in [1.165, 1.54) is 42.5 Å². The fourth-order valence-electron chi connectivity index (χ4n) is 4.79. The van der Waals surface area contributed by atoms with Crippen LogP contribution in [0.3, 0.4) is 0 Å². The lowest BCUT2D eigenvalue weighted by Crippen LogP contribution is -2.22. The van der Waals surface area contributed by atoms with Crippen molar-refractivity contribution in [2.24, 2.45) is 0 Å². The highest BCUT2D eigenvalue weighted by atomic mass is 35.5. The van der Waals surface area contributed by atoms with Crippen LogP contribution in [0.2, 0.25) is 5.02 Å². The Balaban J connectivity index is 1.45. The van der Waals surface area contributed by atoms with Crippen LogP contribution >= 0.6 is 11.6 Å². The van der Waals surface area contributed by atoms with E-state index in [4.69, 9.17) is 21.1 Å². The Morgan fingerprint density at radius 3 is 2.44 bits per heavy atom. The van der Waals surface area contributed by atoms with Gasteiger partial charge in [-0.3, -0.25) is 0 Å². The van der Waals surface area contributed by atoms with Crippen molar-refractivity contribution in [2.75, 3.05) is 7.11 Å². The van der Waals surface area contributed by atoms with Gasteiger partial charge in [-0.2, -0.15) is 0 Å². The van der Waals surface area contributed by atoms with Gasteiger partial charge in [-0.15, -0.1) is 0 Å². The zero-order valence-electron chi connectivity index (χ0n) is 23.4. The topological polar surface area (TPSA) is 86.5 Å². The Morgan fingerprint density at radius 2 is 1.72 bits per heavy atom. The molecule has 43 heavy (non-hydrogen) atoms. The summed E-state index contributed by atoms with van der Waals surface area (Å²) < 4.78 is 58.0. The van der Waals surface area contributed by atoms with E-state index in [1.54, 1.807) is 23.8 Å². The summed E-state index contributed by atoms with van der Waals surface area (Å²) in [5, 5.41) is 9.75. The summed E-state index contributed by atoms with van der Waals surface area (Å²) in [5.41, 5.74) is 1.52. The first-order chi connectivity index (χ1) is 20.5. The van der Waals surface area contributed by atoms with Gasteiger partial charge in [-0.1, -0.05) is 23.7 Å². The van der Waals surface area contributed by atoms with Gasteiger partial charge in [0.15, 0.2) is 0 Å². The number of hydrogen-bond donors (Lipinski definition) is 1. The van der Waals surface area contributed by atoms with Crippen LogP contribution < -0.4 is 4.74 Å². The Morgan fingerprint density at radius 1 is 0.953 bits per heavy atom. The monoisotopic (exact) mass is 609 g/mol. The quantitative estimate of drug-likeness (QED) is 0.175. The molecule has 1 N–H and O–H groups in total. The number of hydrogen-bond acceptors (Lipinski definition) is 5. The van der Waals surface area contributed by atoms with Crippen molar-refractivity contribution in [3.05, 3.63) is 112 Å². The molecule has 11 heteroatoms. The molecule has 0 saturated carbocycles. The minimum absolute atomic E-state index is 0.0548. The van der Waals surface area contributed by atoms with Crippen molar-refractivity contribution < 1.29 is 32.5 Å². The normalized spacial score (nSPS) is 12.8. The number of methoxy groups -OCH3 is 1. The highest BCUT2D eigenvalue weighted by Gasteiger charge is 2.23. The molecule has 2 heterocycles. The maximum atomic E-state index is 15.5. The van der Waals surface area contributed by atoms with E-state index in [2.05, 4.69) is 9.97 Å². The van der Waals surface area contributed by atoms with Crippen LogP contribution in [0.5, 0.6) is 5.88 Å². The van der Waals surface area contributed by atoms with E-state index >= 15 is 8.78 Å². The average Bonchev–Trinajstić information content (AvgIpc) is 3.34. The highest BCUT2D eigenvalue weighted by molar-refractivity contribution is 6.30. The van der Waals surface area contributed by atoms with E-state index in [-0.39, 0.29) is 64.0 Å². The van der Waals surface area contributed by atoms with Gasteiger partial charge in [0.05, 0.1) is 34.4 Å². The Hall–Kier alpha value is -4.41. The first kappa shape index (κ1) is 30.1. The molecule has 7 nitrogen and oxygen atoms in total. The second-order valence-electron chi connectivity index (χ2n) is 10.1. The molecule has 0 saturated heterocycles. The van der Waals surface area contributed by atoms with Crippen LogP contribution in [0.25, 0.3) is 22.3 Å². The number of imidazole rings is 1. The number of ether oxygens (including phenoxy) is 2. The molecule has 0 unspecified atom stereocenters. The summed E-state index contributed by atoms with van der Waals surface area (Å²) in [6, 6.07) is 15.2. The predicted molar refractivity (Wildman–Crippen MR) is 156 cm³/mol. The van der Waals surface area contributed by atoms with E-state index in [0.29, 0.717) is 16.9 Å². The second kappa shape index (κ2) is 12.4. The Labute approximate surface area is 250 Å². The second-order valence-corrected chi connectivity index (χ2v) is 10.5. The summed E-state index contributed by atoms with van der Waals surface area (Å²) in [5.74, 6) is -2.49. The Kier molecular flexibility index (Phi) is 8.70. The van der Waals surface area contributed by atoms with Crippen LogP contribution in [0.1, 0.15) is 47.2 Å². The third-order valence-electron chi connectivity index (χ3n) is 7.34. The molecular weight excluding hydrogens is 583 g/mol. The smallest absolute Gasteiger partial charge is 0.335 e. The molecule has 2 aromatic heterocycles. The van der Waals surface area contributed by atoms with Gasteiger partial charge < -0.3 is 19.1 Å². The fourth-order valence-corrected chi connectivity index (χ4v) is 4.95. The minimum Gasteiger partial charge on any atom is -0.478 e. The van der Waals surface area contributed by atoms with E-state index < -0.39 is 23.4 Å². The van der Waals surface area contributed by atoms with E-state index in [9.17, 15) is 14.3 Å². The predicted octanol–water partition coefficient (Wildman–Crippen LogP) is 7.63. The number of fused-ring (bicyclic) bond motifs is 1. The summed E-state index contributed by atoms with van der Waals surface area (Å²) in [7, 11) is 1.56. The van der Waals surface area contributed by atoms with Crippen molar-refractivity contribution in [1.29, 1.82) is 0 Å². The molecule has 0 amide bonds. The first-order valence-corrected chi connectivity index (χ1v) is 13.7. The number of carboxylic acids is 1. The number of nitrogens with zero attached hydrogens (tertiary/aromatic N) is 3. The minimum atomic E-state index is -1.09. The molecule has 0 spiro atoms. The van der Waals surface area contributed by atoms with Crippen molar-refractivity contribution >= 4 is 28.6 Å². The number of carbonyl (C=O) groups is 1. The van der Waals surface area contributed by atoms with Gasteiger partial charge in [-0.05, 0) is 67.9 Å². The van der Waals surface area contributed by atoms with E-state index in [0.717, 1.165) is 12.1 Å². The number of aromatic nitrogens is 3. The maximum Gasteiger partial charge on any atom is 0.335 e. The molecule has 0 aliphatic heterocycles. The van der Waals surface area contributed by atoms with Gasteiger partial charge in [0, 0.05) is 35.7 Å². The largest absolute Gasteiger partial charge is 0.478 e. The Bertz CT molecular complexity index is 1830. The molecule has 5 rings (SSSR count). The van der Waals surface area contributed by atoms with Gasteiger partial charge in [0.25, 0.3) is 0 Å². The van der Waals surface area contributed by atoms with Crippen molar-refractivity contribution in [3.63, 3.8) is 0 Å². The summed E-state index contributed by atoms with van der Waals surface area (Å²) in [4.78, 5) is 20.5. The number of aromatic carboxylic acids is 1. The van der Waals surface area contributed by atoms with Crippen LogP contribution in [-0.2, 0) is 17.8 Å². The fraction of sp³-hybridized carbons (Fsp3) is 0.219. The number of halogens is 4. The van der Waals surface area contributed by atoms with Crippen molar-refractivity contribution in [3.8, 4) is 17.1 Å². The lowest BCUT2D eigenvalue weighted by molar-refractivity contribution is 0.0697. The van der Waals surface area contributed by atoms with Crippen LogP contribution in [0.15, 0.2) is 66.7 Å². The van der Waals surface area contributed by atoms with Gasteiger partial charge in [-0.25, -0.2) is 27.9 Å². The van der Waals surface area contributed by atoms with Crippen LogP contribution in [0, 0.1) is 17.5 Å². The lowest BCUT2D eigenvalue weighted by atomic mass is 10.0. The molecule has 222 valence electrons. The SMILES string of the molecule is CO[C@H](C)[C@@H](C)n1c(Cc2cc(F)c(-c3cccc(OCc4ccc(Cl)cc4F)n3)cc2F)nc2ccc(C(=O)O)cc21. The molecule has 0 fully saturated rings. The van der Waals surface area contributed by atoms with Crippen LogP contribution in [0.4, 0.5) is 13.2 Å². The van der Waals surface area contributed by atoms with Gasteiger partial charge in [0.1, 0.15) is 29.9 Å². The highest BCUT2D eigenvalue weighted by Crippen LogP contribution is 2.30. The maximum absolute atomic E-state index is 15.5. The molecule has 3 aromatic carbocycles. The number of carboxylic acid groups (broad SMARTS) is 1. The van der Waals surface area contributed by atoms with Crippen LogP contribution in [-0.4, -0.2) is 38.8 Å². The first-order valence-electron chi connectivity index (χ1n) is 13.3. The summed E-state index contributed by atoms with van der Waals surface area (Å²) >= 11 is 5.79. The number of pyridine rings is 1. The third kappa shape index (κ3) is 6.35. The molecular formula is C32H27ClF3N3O4. The number of benzene rings is 3. The van der Waals surface area contributed by atoms with Crippen molar-refractivity contribution in [2.45, 2.75) is 39.0 Å². The number of rotatable bonds is 10. The third-order valence-corrected chi connectivity index (χ3v) is 7.58. The van der Waals surface area contributed by atoms with Gasteiger partial charge in [0.2, 0.25) is 5.88 Å². The molecule has 2 atom stereocenters. The summed E-state index contributed by atoms with van der Waals surface area (Å²) in [6.07, 6.45) is -0.352. The molecule has 0 radical (unpaired) electrons. The lowest BCUT2D eigenvalue weighted by Gasteiger charge is -2.23. The van der Waals surface area contributed by atoms with Gasteiger partial charge >= 0.3 is 5.97 Å². The zero-order valence-corrected chi connectivity index (χ0v) is 24.2.